The van der Waals surface area contributed by atoms with E-state index in [4.69, 9.17) is 0 Å². The highest BCUT2D eigenvalue weighted by molar-refractivity contribution is 5.93. The van der Waals surface area contributed by atoms with E-state index in [2.05, 4.69) is 32.4 Å². The van der Waals surface area contributed by atoms with Crippen LogP contribution in [0.4, 0.5) is 0 Å². The maximum atomic E-state index is 12.9. The molecule has 3 aromatic rings. The molecule has 29 heavy (non-hydrogen) atoms. The number of hydrogen-bond acceptors (Lipinski definition) is 5. The number of aromatic nitrogens is 5. The Morgan fingerprint density at radius 2 is 1.86 bits per heavy atom. The molecule has 152 valence electrons. The van der Waals surface area contributed by atoms with E-state index < -0.39 is 0 Å². The summed E-state index contributed by atoms with van der Waals surface area (Å²) in [4.78, 5) is 19.8. The van der Waals surface area contributed by atoms with Crippen molar-refractivity contribution in [1.82, 2.24) is 34.6 Å². The summed E-state index contributed by atoms with van der Waals surface area (Å²) in [5.74, 6) is -0.116. The number of rotatable bonds is 3. The lowest BCUT2D eigenvalue weighted by atomic mass is 9.98. The van der Waals surface area contributed by atoms with Crippen LogP contribution in [-0.2, 0) is 7.05 Å². The Kier molecular flexibility index (Phi) is 4.20. The summed E-state index contributed by atoms with van der Waals surface area (Å²) in [5.41, 5.74) is 4.99. The Bertz CT molecular complexity index is 1080. The molecule has 2 saturated heterocycles. The van der Waals surface area contributed by atoms with Crippen molar-refractivity contribution in [1.29, 1.82) is 0 Å². The second kappa shape index (κ2) is 6.66. The lowest BCUT2D eigenvalue weighted by molar-refractivity contribution is 0.0877. The summed E-state index contributed by atoms with van der Waals surface area (Å²) in [6.45, 7) is 4.02. The lowest BCUT2D eigenvalue weighted by Gasteiger charge is -2.36. The van der Waals surface area contributed by atoms with Gasteiger partial charge in [-0.15, -0.1) is 0 Å². The van der Waals surface area contributed by atoms with Gasteiger partial charge >= 0.3 is 0 Å². The summed E-state index contributed by atoms with van der Waals surface area (Å²) >= 11 is 0. The first-order chi connectivity index (χ1) is 13.9. The zero-order chi connectivity index (χ0) is 20.3. The highest BCUT2D eigenvalue weighted by Gasteiger charge is 2.39. The van der Waals surface area contributed by atoms with Crippen LogP contribution in [0.3, 0.4) is 0 Å². The number of aryl methyl sites for hydroxylation is 2. The number of hydrogen-bond donors (Lipinski definition) is 1. The molecule has 2 fully saturated rings. The van der Waals surface area contributed by atoms with Crippen LogP contribution in [0.25, 0.3) is 16.9 Å². The topological polar surface area (TPSA) is 80.3 Å². The van der Waals surface area contributed by atoms with Crippen molar-refractivity contribution < 1.29 is 4.79 Å². The largest absolute Gasteiger partial charge is 0.348 e. The quantitative estimate of drug-likeness (QED) is 0.737. The highest BCUT2D eigenvalue weighted by Crippen LogP contribution is 2.34. The molecule has 2 atom stereocenters. The minimum atomic E-state index is -0.116. The fourth-order valence-corrected chi connectivity index (χ4v) is 5.13. The second-order valence-electron chi connectivity index (χ2n) is 8.49. The fourth-order valence-electron chi connectivity index (χ4n) is 5.13. The van der Waals surface area contributed by atoms with Gasteiger partial charge in [0.2, 0.25) is 0 Å². The number of piperidine rings is 1. The summed E-state index contributed by atoms with van der Waals surface area (Å²) in [6, 6.07) is 5.09. The number of fused-ring (bicyclic) bond motifs is 3. The molecule has 5 heterocycles. The van der Waals surface area contributed by atoms with E-state index in [9.17, 15) is 4.79 Å². The lowest BCUT2D eigenvalue weighted by Crippen LogP contribution is -2.48. The van der Waals surface area contributed by atoms with Crippen LogP contribution in [-0.4, -0.2) is 60.4 Å². The van der Waals surface area contributed by atoms with Crippen LogP contribution >= 0.6 is 0 Å². The molecule has 0 saturated carbocycles. The Labute approximate surface area is 169 Å². The fraction of sp³-hybridized carbons (Fsp3) is 0.524. The summed E-state index contributed by atoms with van der Waals surface area (Å²) in [5, 5.41) is 12.3. The summed E-state index contributed by atoms with van der Waals surface area (Å²) in [7, 11) is 4.14. The summed E-state index contributed by atoms with van der Waals surface area (Å²) < 4.78 is 3.62. The monoisotopic (exact) mass is 393 g/mol. The van der Waals surface area contributed by atoms with Gasteiger partial charge in [0, 0.05) is 48.7 Å². The first kappa shape index (κ1) is 18.3. The predicted molar refractivity (Wildman–Crippen MR) is 110 cm³/mol. The Hall–Kier alpha value is -2.74. The zero-order valence-electron chi connectivity index (χ0n) is 17.4. The molecule has 1 amide bonds. The minimum absolute atomic E-state index is 0.116. The third-order valence-corrected chi connectivity index (χ3v) is 6.79. The van der Waals surface area contributed by atoms with Crippen LogP contribution in [0.1, 0.15) is 47.6 Å². The van der Waals surface area contributed by atoms with Gasteiger partial charge in [-0.1, -0.05) is 0 Å². The van der Waals surface area contributed by atoms with Crippen LogP contribution in [0.5, 0.6) is 0 Å². The van der Waals surface area contributed by atoms with Crippen molar-refractivity contribution in [2.45, 2.75) is 57.7 Å². The molecule has 2 aliphatic heterocycles. The van der Waals surface area contributed by atoms with Crippen molar-refractivity contribution in [3.05, 3.63) is 35.4 Å². The number of carbonyl (C=O) groups excluding carboxylic acids is 1. The van der Waals surface area contributed by atoms with Crippen molar-refractivity contribution >= 4 is 11.6 Å². The maximum absolute atomic E-state index is 12.9. The first-order valence-corrected chi connectivity index (χ1v) is 10.3. The van der Waals surface area contributed by atoms with E-state index in [-0.39, 0.29) is 11.9 Å². The van der Waals surface area contributed by atoms with E-state index in [0.717, 1.165) is 35.5 Å². The predicted octanol–water partition coefficient (Wildman–Crippen LogP) is 2.10. The van der Waals surface area contributed by atoms with E-state index in [1.807, 2.05) is 31.6 Å². The minimum Gasteiger partial charge on any atom is -0.348 e. The second-order valence-corrected chi connectivity index (χ2v) is 8.49. The van der Waals surface area contributed by atoms with Crippen LogP contribution in [0, 0.1) is 13.8 Å². The van der Waals surface area contributed by atoms with Crippen molar-refractivity contribution in [3.8, 4) is 11.3 Å². The van der Waals surface area contributed by atoms with Gasteiger partial charge in [-0.3, -0.25) is 9.48 Å². The molecule has 0 spiro atoms. The van der Waals surface area contributed by atoms with E-state index in [1.165, 1.54) is 12.8 Å². The van der Waals surface area contributed by atoms with Gasteiger partial charge in [-0.2, -0.15) is 10.2 Å². The number of nitrogens with zero attached hydrogens (tertiary/aromatic N) is 6. The molecule has 2 aliphatic rings. The van der Waals surface area contributed by atoms with Crippen LogP contribution < -0.4 is 5.32 Å². The van der Waals surface area contributed by atoms with Gasteiger partial charge < -0.3 is 10.2 Å². The standard InChI is InChI=1S/C21H27N7O/c1-12-20(13(2)27(4)24-12)18-7-8-22-19-11-17(25-28(18)19)21(29)23-14-9-15-5-6-16(10-14)26(15)3/h7-8,11,14-16H,5-6,9-10H2,1-4H3,(H,23,29)/t15-,16-/m0/s1. The molecule has 2 bridgehead atoms. The number of nitrogens with one attached hydrogen (secondary N) is 1. The molecule has 0 aromatic carbocycles. The molecular weight excluding hydrogens is 366 g/mol. The molecule has 0 unspecified atom stereocenters. The van der Waals surface area contributed by atoms with E-state index in [0.29, 0.717) is 23.4 Å². The highest BCUT2D eigenvalue weighted by atomic mass is 16.2. The van der Waals surface area contributed by atoms with Crippen molar-refractivity contribution in [2.24, 2.45) is 7.05 Å². The van der Waals surface area contributed by atoms with Gasteiger partial charge in [0.15, 0.2) is 11.3 Å². The first-order valence-electron chi connectivity index (χ1n) is 10.3. The average Bonchev–Trinajstić information content (AvgIpc) is 3.28. The average molecular weight is 393 g/mol. The maximum Gasteiger partial charge on any atom is 0.272 e. The van der Waals surface area contributed by atoms with Gasteiger partial charge in [-0.25, -0.2) is 9.50 Å². The zero-order valence-corrected chi connectivity index (χ0v) is 17.4. The SMILES string of the molecule is Cc1nn(C)c(C)c1-c1ccnc2cc(C(=O)NC3C[C@@H]4CC[C@@H](C3)N4C)nn12. The number of carbonyl (C=O) groups is 1. The van der Waals surface area contributed by atoms with Crippen molar-refractivity contribution in [2.75, 3.05) is 7.05 Å². The Morgan fingerprint density at radius 1 is 1.14 bits per heavy atom. The molecular formula is C21H27N7O. The normalized spacial score (nSPS) is 24.3. The number of amides is 1. The molecule has 0 aliphatic carbocycles. The van der Waals surface area contributed by atoms with Crippen molar-refractivity contribution in [3.63, 3.8) is 0 Å². The Morgan fingerprint density at radius 3 is 2.52 bits per heavy atom. The molecule has 3 aromatic heterocycles. The van der Waals surface area contributed by atoms with Crippen LogP contribution in [0.2, 0.25) is 0 Å². The van der Waals surface area contributed by atoms with E-state index >= 15 is 0 Å². The van der Waals surface area contributed by atoms with E-state index in [1.54, 1.807) is 16.8 Å². The molecule has 8 heteroatoms. The Balaban J connectivity index is 1.44. The van der Waals surface area contributed by atoms with Gasteiger partial charge in [0.05, 0.1) is 11.4 Å². The molecule has 0 radical (unpaired) electrons. The molecule has 5 rings (SSSR count). The van der Waals surface area contributed by atoms with Gasteiger partial charge in [0.25, 0.3) is 5.91 Å². The van der Waals surface area contributed by atoms with Crippen LogP contribution in [0.15, 0.2) is 18.3 Å². The smallest absolute Gasteiger partial charge is 0.272 e. The van der Waals surface area contributed by atoms with Gasteiger partial charge in [0.1, 0.15) is 0 Å². The molecule has 8 nitrogen and oxygen atoms in total. The molecule has 1 N–H and O–H groups in total. The van der Waals surface area contributed by atoms with Gasteiger partial charge in [-0.05, 0) is 52.6 Å². The third kappa shape index (κ3) is 2.93. The third-order valence-electron chi connectivity index (χ3n) is 6.79. The summed E-state index contributed by atoms with van der Waals surface area (Å²) in [6.07, 6.45) is 6.26.